The van der Waals surface area contributed by atoms with Gasteiger partial charge in [0.15, 0.2) is 12.4 Å². The zero-order chi connectivity index (χ0) is 58.0. The highest BCUT2D eigenvalue weighted by Gasteiger charge is 2.56. The van der Waals surface area contributed by atoms with Crippen molar-refractivity contribution in [2.75, 3.05) is 47.5 Å². The number of unbranched alkanes of at least 4 members (excludes halogenated alkanes) is 3. The van der Waals surface area contributed by atoms with Crippen molar-refractivity contribution in [1.82, 2.24) is 15.1 Å². The maximum absolute atomic E-state index is 15.0. The van der Waals surface area contributed by atoms with Crippen LogP contribution in [0.4, 0.5) is 4.79 Å². The van der Waals surface area contributed by atoms with Gasteiger partial charge in [-0.05, 0) is 149 Å². The van der Waals surface area contributed by atoms with Gasteiger partial charge in [-0.15, -0.1) is 0 Å². The highest BCUT2D eigenvalue weighted by Crippen LogP contribution is 2.56. The molecule has 18 atom stereocenters. The van der Waals surface area contributed by atoms with E-state index in [0.29, 0.717) is 19.5 Å². The van der Waals surface area contributed by atoms with E-state index in [0.717, 1.165) is 31.8 Å². The van der Waals surface area contributed by atoms with Crippen LogP contribution < -0.4 is 21.2 Å². The van der Waals surface area contributed by atoms with Crippen molar-refractivity contribution >= 4 is 35.2 Å². The Bertz CT molecular complexity index is 2240. The van der Waals surface area contributed by atoms with Crippen LogP contribution in [0, 0.1) is 23.7 Å². The highest BCUT2D eigenvalue weighted by atomic mass is 31.2. The van der Waals surface area contributed by atoms with Gasteiger partial charge in [0.25, 0.3) is 0 Å². The SMILES string of the molecule is CC[C@H]1OC(=O)[C@H](C)[C@@H](C2C[C@@](C)(OC)[C@@H](O)[C@H](C)O2)[C@H](C)[C@@H](O[C@@H]2O[C@H](C)C[C@H](N(C)C)[C@H]2O)[C@](C)(O)C[C@@H](C)CN(C)[C@H](C)[C@@H](OC(=O)NCCCCCC[P+](c2ccccc2)(c2ccccc2)c2ccccc2)[C@]1(C)O. The Morgan fingerprint density at radius 2 is 1.37 bits per heavy atom. The van der Waals surface area contributed by atoms with Crippen molar-refractivity contribution in [3.8, 4) is 0 Å². The number of cyclic esters (lactones) is 1. The number of ether oxygens (including phenoxy) is 6. The van der Waals surface area contributed by atoms with Crippen LogP contribution in [0.1, 0.15) is 121 Å². The molecule has 3 heterocycles. The molecule has 3 aromatic carbocycles. The van der Waals surface area contributed by atoms with Gasteiger partial charge in [0.2, 0.25) is 0 Å². The molecule has 3 fully saturated rings. The minimum absolute atomic E-state index is 0.190. The van der Waals surface area contributed by atoms with Crippen LogP contribution in [-0.2, 0) is 33.2 Å². The molecule has 16 heteroatoms. The summed E-state index contributed by atoms with van der Waals surface area (Å²) in [7, 11) is 5.28. The minimum atomic E-state index is -1.96. The van der Waals surface area contributed by atoms with Crippen molar-refractivity contribution in [2.24, 2.45) is 23.7 Å². The fourth-order valence-corrected chi connectivity index (χ4v) is 18.0. The lowest BCUT2D eigenvalue weighted by Gasteiger charge is -2.51. The Kier molecular flexibility index (Phi) is 23.0. The summed E-state index contributed by atoms with van der Waals surface area (Å²) in [6.45, 7) is 19.0. The molecule has 0 radical (unpaired) electrons. The van der Waals surface area contributed by atoms with Crippen molar-refractivity contribution < 1.29 is 58.4 Å². The first-order chi connectivity index (χ1) is 37.3. The predicted octanol–water partition coefficient (Wildman–Crippen LogP) is 7.46. The van der Waals surface area contributed by atoms with Gasteiger partial charge in [0.1, 0.15) is 47.1 Å². The minimum Gasteiger partial charge on any atom is -0.459 e. The molecule has 442 valence electrons. The van der Waals surface area contributed by atoms with Crippen LogP contribution in [0.15, 0.2) is 91.0 Å². The van der Waals surface area contributed by atoms with Crippen LogP contribution >= 0.6 is 7.26 Å². The van der Waals surface area contributed by atoms with E-state index in [4.69, 9.17) is 28.4 Å². The van der Waals surface area contributed by atoms with Crippen LogP contribution in [-0.4, -0.2) is 174 Å². The largest absolute Gasteiger partial charge is 0.459 e. The molecule has 0 saturated carbocycles. The van der Waals surface area contributed by atoms with Crippen LogP contribution in [0.3, 0.4) is 0 Å². The summed E-state index contributed by atoms with van der Waals surface area (Å²) < 4.78 is 38.7. The Hall–Kier alpha value is -3.57. The Morgan fingerprint density at radius 3 is 1.90 bits per heavy atom. The number of benzene rings is 3. The van der Waals surface area contributed by atoms with E-state index >= 15 is 4.79 Å². The summed E-state index contributed by atoms with van der Waals surface area (Å²) >= 11 is 0. The first-order valence-electron chi connectivity index (χ1n) is 29.2. The van der Waals surface area contributed by atoms with E-state index < -0.39 is 109 Å². The van der Waals surface area contributed by atoms with Gasteiger partial charge in [-0.2, -0.15) is 0 Å². The average molecular weight is 1120 g/mol. The Morgan fingerprint density at radius 1 is 0.810 bits per heavy atom. The van der Waals surface area contributed by atoms with E-state index in [1.54, 1.807) is 34.8 Å². The van der Waals surface area contributed by atoms with Crippen molar-refractivity contribution in [3.63, 3.8) is 0 Å². The number of nitrogens with zero attached hydrogens (tertiary/aromatic N) is 2. The van der Waals surface area contributed by atoms with Crippen LogP contribution in [0.2, 0.25) is 0 Å². The molecule has 0 spiro atoms. The maximum atomic E-state index is 15.0. The molecule has 0 aliphatic carbocycles. The Labute approximate surface area is 473 Å². The van der Waals surface area contributed by atoms with Gasteiger partial charge in [-0.3, -0.25) is 9.69 Å². The molecule has 6 rings (SSSR count). The number of carbonyl (C=O) groups is 2. The number of esters is 1. The smallest absolute Gasteiger partial charge is 0.407 e. The lowest BCUT2D eigenvalue weighted by molar-refractivity contribution is -0.302. The number of alkyl carbamates (subject to hydrolysis) is 1. The molecule has 3 aliphatic heterocycles. The second-order valence-electron chi connectivity index (χ2n) is 24.5. The lowest BCUT2D eigenvalue weighted by Crippen LogP contribution is -2.62. The number of methoxy groups -OCH3 is 1. The number of aliphatic hydroxyl groups is 4. The normalized spacial score (nSPS) is 36.6. The summed E-state index contributed by atoms with van der Waals surface area (Å²) in [4.78, 5) is 33.0. The molecular weight excluding hydrogens is 1020 g/mol. The van der Waals surface area contributed by atoms with Gasteiger partial charge in [-0.25, -0.2) is 4.79 Å². The van der Waals surface area contributed by atoms with Crippen molar-refractivity contribution in [3.05, 3.63) is 91.0 Å². The van der Waals surface area contributed by atoms with E-state index in [1.165, 1.54) is 15.9 Å². The lowest BCUT2D eigenvalue weighted by atomic mass is 9.68. The molecule has 79 heavy (non-hydrogen) atoms. The number of aliphatic hydroxyl groups excluding tert-OH is 2. The molecule has 1 amide bonds. The zero-order valence-corrected chi connectivity index (χ0v) is 50.9. The summed E-state index contributed by atoms with van der Waals surface area (Å²) in [5.74, 6) is -3.19. The summed E-state index contributed by atoms with van der Waals surface area (Å²) in [5.41, 5.74) is -4.53. The molecule has 0 aromatic heterocycles. The first kappa shape index (κ1) is 64.6. The molecule has 0 bridgehead atoms. The number of rotatable bonds is 17. The van der Waals surface area contributed by atoms with E-state index in [-0.39, 0.29) is 37.3 Å². The average Bonchev–Trinajstić information content (AvgIpc) is 3.50. The number of amides is 1. The predicted molar refractivity (Wildman–Crippen MR) is 314 cm³/mol. The standard InChI is InChI=1S/C63H98N3O12P/c1-15-52-63(10,72)57(78-60(70)64-35-27-16-17-28-36-79(47-29-21-18-22-30-47,48-31-23-19-24-32-48)49-33-25-20-26-34-49)45(6)66(13)40-41(2)38-61(8,71)56(77-59-54(67)50(65(11)12)37-42(3)74-59)43(4)53(44(5)58(69)76-52)51-39-62(9,73-14)55(68)46(7)75-51/h18-26,29-34,41-46,50-57,59,67-68,71-72H,15-17,27-28,35-40H2,1-14H3/p+1/t41-,42-,43+,44-,45-,46+,50+,51?,52-,53+,54-,55+,56-,57-,59+,61-,62-,63-/m1/s1. The topological polar surface area (TPSA) is 189 Å². The number of hydrogen-bond acceptors (Lipinski definition) is 14. The number of likely N-dealkylation sites (N-methyl/N-ethyl adjacent to an activating group) is 2. The third-order valence-corrected chi connectivity index (χ3v) is 22.6. The summed E-state index contributed by atoms with van der Waals surface area (Å²) in [6.07, 6.45) is -3.13. The summed E-state index contributed by atoms with van der Waals surface area (Å²) in [5, 5.41) is 56.1. The quantitative estimate of drug-likeness (QED) is 0.0509. The second kappa shape index (κ2) is 28.1. The summed E-state index contributed by atoms with van der Waals surface area (Å²) in [6, 6.07) is 31.7. The molecule has 1 unspecified atom stereocenters. The second-order valence-corrected chi connectivity index (χ2v) is 28.1. The fraction of sp³-hybridized carbons (Fsp3) is 0.683. The molecule has 3 aromatic rings. The fourth-order valence-electron chi connectivity index (χ4n) is 13.5. The van der Waals surface area contributed by atoms with Gasteiger partial charge in [-0.1, -0.05) is 88.7 Å². The number of nitrogens with one attached hydrogen (secondary N) is 1. The molecule has 15 nitrogen and oxygen atoms in total. The zero-order valence-electron chi connectivity index (χ0n) is 50.0. The van der Waals surface area contributed by atoms with E-state index in [1.807, 2.05) is 72.5 Å². The maximum Gasteiger partial charge on any atom is 0.407 e. The first-order valence-corrected chi connectivity index (χ1v) is 31.2. The third kappa shape index (κ3) is 15.2. The number of carbonyl (C=O) groups excluding carboxylic acids is 2. The van der Waals surface area contributed by atoms with Crippen molar-refractivity contribution in [2.45, 2.75) is 205 Å². The number of hydrogen-bond donors (Lipinski definition) is 5. The monoisotopic (exact) mass is 1120 g/mol. The molecule has 5 N–H and O–H groups in total. The van der Waals surface area contributed by atoms with E-state index in [9.17, 15) is 25.2 Å². The Balaban J connectivity index is 1.23. The van der Waals surface area contributed by atoms with Gasteiger partial charge >= 0.3 is 12.1 Å². The highest BCUT2D eigenvalue weighted by molar-refractivity contribution is 7.95. The van der Waals surface area contributed by atoms with Gasteiger partial charge in [0.05, 0.1) is 47.7 Å². The van der Waals surface area contributed by atoms with Gasteiger partial charge in [0, 0.05) is 44.6 Å². The van der Waals surface area contributed by atoms with Crippen LogP contribution in [0.5, 0.6) is 0 Å². The molecule has 3 aliphatic rings. The van der Waals surface area contributed by atoms with Crippen LogP contribution in [0.25, 0.3) is 0 Å². The van der Waals surface area contributed by atoms with Gasteiger partial charge < -0.3 is 59.1 Å². The van der Waals surface area contributed by atoms with Crippen molar-refractivity contribution in [1.29, 1.82) is 0 Å². The van der Waals surface area contributed by atoms with E-state index in [2.05, 4.69) is 96.3 Å². The molecule has 3 saturated heterocycles. The third-order valence-electron chi connectivity index (χ3n) is 18.0. The molecular formula is C63H99N3O12P+.